The standard InChI is InChI=1S/C12H13ClN2O4S2/c1-18-9-5-7(14)8(6-10(9)19-2)15-21(16,17)12-4-3-11(13)20-12/h3-6,15H,14H2,1-2H3. The summed E-state index contributed by atoms with van der Waals surface area (Å²) in [5, 5.41) is 0. The minimum atomic E-state index is -3.75. The molecule has 0 bridgehead atoms. The molecule has 0 aliphatic carbocycles. The molecule has 1 heterocycles. The van der Waals surface area contributed by atoms with Gasteiger partial charge in [-0.15, -0.1) is 11.3 Å². The molecular weight excluding hydrogens is 336 g/mol. The summed E-state index contributed by atoms with van der Waals surface area (Å²) in [6, 6.07) is 5.88. The fraction of sp³-hybridized carbons (Fsp3) is 0.167. The first-order valence-electron chi connectivity index (χ1n) is 5.67. The van der Waals surface area contributed by atoms with Gasteiger partial charge in [0.15, 0.2) is 11.5 Å². The zero-order valence-corrected chi connectivity index (χ0v) is 13.6. The summed E-state index contributed by atoms with van der Waals surface area (Å²) in [6.45, 7) is 0. The number of sulfonamides is 1. The van der Waals surface area contributed by atoms with Crippen molar-refractivity contribution >= 4 is 44.3 Å². The van der Waals surface area contributed by atoms with Crippen molar-refractivity contribution in [3.8, 4) is 11.5 Å². The van der Waals surface area contributed by atoms with Crippen LogP contribution in [-0.2, 0) is 10.0 Å². The van der Waals surface area contributed by atoms with Crippen molar-refractivity contribution in [1.82, 2.24) is 0 Å². The van der Waals surface area contributed by atoms with Gasteiger partial charge < -0.3 is 15.2 Å². The highest BCUT2D eigenvalue weighted by atomic mass is 35.5. The van der Waals surface area contributed by atoms with Gasteiger partial charge in [0.2, 0.25) is 0 Å². The van der Waals surface area contributed by atoms with Crippen LogP contribution in [0.15, 0.2) is 28.5 Å². The van der Waals surface area contributed by atoms with Crippen molar-refractivity contribution in [1.29, 1.82) is 0 Å². The number of benzene rings is 1. The summed E-state index contributed by atoms with van der Waals surface area (Å²) in [7, 11) is -0.835. The highest BCUT2D eigenvalue weighted by Crippen LogP contribution is 2.36. The van der Waals surface area contributed by atoms with Crippen LogP contribution in [0.4, 0.5) is 11.4 Å². The van der Waals surface area contributed by atoms with Crippen LogP contribution in [0, 0.1) is 0 Å². The van der Waals surface area contributed by atoms with Crippen molar-refractivity contribution in [3.63, 3.8) is 0 Å². The van der Waals surface area contributed by atoms with Crippen LogP contribution in [0.3, 0.4) is 0 Å². The van der Waals surface area contributed by atoms with Crippen LogP contribution in [0.25, 0.3) is 0 Å². The van der Waals surface area contributed by atoms with E-state index >= 15 is 0 Å². The van der Waals surface area contributed by atoms with Crippen molar-refractivity contribution in [2.45, 2.75) is 4.21 Å². The number of rotatable bonds is 5. The number of hydrogen-bond acceptors (Lipinski definition) is 6. The Bertz CT molecular complexity index is 759. The SMILES string of the molecule is COc1cc(N)c(NS(=O)(=O)c2ccc(Cl)s2)cc1OC. The quantitative estimate of drug-likeness (QED) is 0.811. The summed E-state index contributed by atoms with van der Waals surface area (Å²) in [6.07, 6.45) is 0. The number of halogens is 1. The smallest absolute Gasteiger partial charge is 0.271 e. The highest BCUT2D eigenvalue weighted by Gasteiger charge is 2.19. The molecule has 0 radical (unpaired) electrons. The molecule has 0 saturated heterocycles. The number of nitrogens with one attached hydrogen (secondary N) is 1. The second-order valence-corrected chi connectivity index (χ2v) is 7.58. The van der Waals surface area contributed by atoms with E-state index in [0.717, 1.165) is 11.3 Å². The van der Waals surface area contributed by atoms with Gasteiger partial charge in [0.25, 0.3) is 10.0 Å². The Kier molecular flexibility index (Phi) is 4.50. The Morgan fingerprint density at radius 2 is 1.81 bits per heavy atom. The van der Waals surface area contributed by atoms with Crippen LogP contribution in [0.1, 0.15) is 0 Å². The van der Waals surface area contributed by atoms with Crippen LogP contribution in [-0.4, -0.2) is 22.6 Å². The van der Waals surface area contributed by atoms with E-state index in [4.69, 9.17) is 26.8 Å². The molecule has 0 atom stereocenters. The monoisotopic (exact) mass is 348 g/mol. The van der Waals surface area contributed by atoms with E-state index < -0.39 is 10.0 Å². The van der Waals surface area contributed by atoms with E-state index in [1.165, 1.54) is 38.5 Å². The predicted molar refractivity (Wildman–Crippen MR) is 84.1 cm³/mol. The van der Waals surface area contributed by atoms with Gasteiger partial charge in [-0.25, -0.2) is 8.42 Å². The number of methoxy groups -OCH3 is 2. The van der Waals surface area contributed by atoms with Crippen molar-refractivity contribution < 1.29 is 17.9 Å². The van der Waals surface area contributed by atoms with Crippen LogP contribution in [0.5, 0.6) is 11.5 Å². The third-order valence-electron chi connectivity index (χ3n) is 2.61. The Hall–Kier alpha value is -1.64. The van der Waals surface area contributed by atoms with Crippen LogP contribution in [0.2, 0.25) is 4.34 Å². The molecule has 21 heavy (non-hydrogen) atoms. The average Bonchev–Trinajstić information content (AvgIpc) is 2.88. The minimum absolute atomic E-state index is 0.0988. The van der Waals surface area contributed by atoms with Gasteiger partial charge in [0.1, 0.15) is 4.21 Å². The van der Waals surface area contributed by atoms with Gasteiger partial charge >= 0.3 is 0 Å². The Morgan fingerprint density at radius 3 is 2.33 bits per heavy atom. The molecule has 0 aliphatic rings. The average molecular weight is 349 g/mol. The van der Waals surface area contributed by atoms with Gasteiger partial charge in [-0.1, -0.05) is 11.6 Å². The Morgan fingerprint density at radius 1 is 1.19 bits per heavy atom. The molecule has 3 N–H and O–H groups in total. The molecular formula is C12H13ClN2O4S2. The number of anilines is 2. The summed E-state index contributed by atoms with van der Waals surface area (Å²) < 4.78 is 37.6. The molecule has 2 aromatic rings. The molecule has 0 unspecified atom stereocenters. The lowest BCUT2D eigenvalue weighted by Crippen LogP contribution is -2.13. The van der Waals surface area contributed by atoms with E-state index in [0.29, 0.717) is 15.8 Å². The number of ether oxygens (including phenoxy) is 2. The zero-order chi connectivity index (χ0) is 15.6. The Balaban J connectivity index is 2.39. The fourth-order valence-electron chi connectivity index (χ4n) is 1.62. The normalized spacial score (nSPS) is 11.2. The van der Waals surface area contributed by atoms with Crippen molar-refractivity contribution in [3.05, 3.63) is 28.6 Å². The van der Waals surface area contributed by atoms with E-state index in [1.54, 1.807) is 0 Å². The highest BCUT2D eigenvalue weighted by molar-refractivity contribution is 7.94. The first-order chi connectivity index (χ1) is 9.87. The third-order valence-corrected chi connectivity index (χ3v) is 5.70. The topological polar surface area (TPSA) is 90.6 Å². The molecule has 114 valence electrons. The number of hydrogen-bond donors (Lipinski definition) is 2. The Labute approximate surface area is 131 Å². The van der Waals surface area contributed by atoms with Gasteiger partial charge in [-0.2, -0.15) is 0 Å². The molecule has 6 nitrogen and oxygen atoms in total. The van der Waals surface area contributed by atoms with Gasteiger partial charge in [-0.05, 0) is 12.1 Å². The summed E-state index contributed by atoms with van der Waals surface area (Å²) in [5.41, 5.74) is 6.25. The van der Waals surface area contributed by atoms with Crippen LogP contribution < -0.4 is 19.9 Å². The number of nitrogen functional groups attached to an aromatic ring is 1. The second-order valence-electron chi connectivity index (χ2n) is 3.96. The molecule has 2 rings (SSSR count). The molecule has 1 aromatic carbocycles. The maximum absolute atomic E-state index is 12.2. The van der Waals surface area contributed by atoms with E-state index in [-0.39, 0.29) is 15.6 Å². The largest absolute Gasteiger partial charge is 0.493 e. The fourth-order valence-corrected chi connectivity index (χ4v) is 4.18. The molecule has 0 fully saturated rings. The molecule has 9 heteroatoms. The van der Waals surface area contributed by atoms with Crippen molar-refractivity contribution in [2.24, 2.45) is 0 Å². The van der Waals surface area contributed by atoms with Gasteiger partial charge in [0, 0.05) is 12.1 Å². The summed E-state index contributed by atoms with van der Waals surface area (Å²) in [5.74, 6) is 0.783. The lowest BCUT2D eigenvalue weighted by atomic mass is 10.2. The predicted octanol–water partition coefficient (Wildman–Crippen LogP) is 2.80. The minimum Gasteiger partial charge on any atom is -0.493 e. The molecule has 0 saturated carbocycles. The maximum Gasteiger partial charge on any atom is 0.271 e. The maximum atomic E-state index is 12.2. The van der Waals surface area contributed by atoms with E-state index in [2.05, 4.69) is 4.72 Å². The zero-order valence-electron chi connectivity index (χ0n) is 11.2. The van der Waals surface area contributed by atoms with Crippen LogP contribution >= 0.6 is 22.9 Å². The second kappa shape index (κ2) is 6.00. The first-order valence-corrected chi connectivity index (χ1v) is 8.35. The lowest BCUT2D eigenvalue weighted by Gasteiger charge is -2.13. The van der Waals surface area contributed by atoms with Gasteiger partial charge in [-0.3, -0.25) is 4.72 Å². The van der Waals surface area contributed by atoms with E-state index in [9.17, 15) is 8.42 Å². The summed E-state index contributed by atoms with van der Waals surface area (Å²) >= 11 is 6.71. The summed E-state index contributed by atoms with van der Waals surface area (Å²) in [4.78, 5) is 0. The molecule has 0 spiro atoms. The first kappa shape index (κ1) is 15.7. The number of thiophene rings is 1. The lowest BCUT2D eigenvalue weighted by molar-refractivity contribution is 0.355. The van der Waals surface area contributed by atoms with Gasteiger partial charge in [0.05, 0.1) is 29.9 Å². The molecule has 0 amide bonds. The third kappa shape index (κ3) is 3.34. The molecule has 1 aromatic heterocycles. The van der Waals surface area contributed by atoms with E-state index in [1.807, 2.05) is 0 Å². The molecule has 0 aliphatic heterocycles. The number of nitrogens with two attached hydrogens (primary N) is 1. The van der Waals surface area contributed by atoms with Crippen molar-refractivity contribution in [2.75, 3.05) is 24.7 Å².